The molecule has 1 heterocycles. The highest BCUT2D eigenvalue weighted by atomic mass is 35.5. The van der Waals surface area contributed by atoms with Crippen LogP contribution in [0.5, 0.6) is 5.75 Å². The molecule has 0 saturated carbocycles. The van der Waals surface area contributed by atoms with Crippen LogP contribution in [0, 0.1) is 5.41 Å². The molecule has 1 aliphatic rings. The minimum absolute atomic E-state index is 0.127. The van der Waals surface area contributed by atoms with E-state index in [1.165, 1.54) is 0 Å². The van der Waals surface area contributed by atoms with Gasteiger partial charge in [0, 0.05) is 24.5 Å². The smallest absolute Gasteiger partial charge is 0.126 e. The van der Waals surface area contributed by atoms with E-state index in [0.717, 1.165) is 23.3 Å². The van der Waals surface area contributed by atoms with E-state index in [2.05, 4.69) is 20.8 Å². The van der Waals surface area contributed by atoms with Crippen molar-refractivity contribution in [3.05, 3.63) is 28.3 Å². The molecule has 0 aromatic heterocycles. The minimum atomic E-state index is -0.586. The van der Waals surface area contributed by atoms with Crippen molar-refractivity contribution in [1.82, 2.24) is 0 Å². The molecule has 118 valence electrons. The van der Waals surface area contributed by atoms with E-state index >= 15 is 0 Å². The van der Waals surface area contributed by atoms with Crippen LogP contribution in [0.1, 0.15) is 38.8 Å². The molecule has 1 aliphatic heterocycles. The van der Waals surface area contributed by atoms with Crippen molar-refractivity contribution in [1.29, 1.82) is 0 Å². The van der Waals surface area contributed by atoms with Gasteiger partial charge in [0.25, 0.3) is 0 Å². The summed E-state index contributed by atoms with van der Waals surface area (Å²) in [5.74, 6) is 0.891. The molecule has 0 bridgehead atoms. The van der Waals surface area contributed by atoms with Crippen molar-refractivity contribution in [3.8, 4) is 5.75 Å². The van der Waals surface area contributed by atoms with E-state index in [1.807, 2.05) is 19.1 Å². The molecule has 0 amide bonds. The zero-order valence-electron chi connectivity index (χ0n) is 13.3. The van der Waals surface area contributed by atoms with Crippen LogP contribution >= 0.6 is 11.6 Å². The van der Waals surface area contributed by atoms with Gasteiger partial charge in [-0.25, -0.2) is 0 Å². The van der Waals surface area contributed by atoms with Crippen molar-refractivity contribution in [3.63, 3.8) is 0 Å². The quantitative estimate of drug-likeness (QED) is 0.902. The molecule has 0 radical (unpaired) electrons. The van der Waals surface area contributed by atoms with Crippen LogP contribution in [-0.4, -0.2) is 30.5 Å². The Labute approximate surface area is 132 Å². The molecule has 2 atom stereocenters. The number of ether oxygens (including phenoxy) is 2. The minimum Gasteiger partial charge on any atom is -0.493 e. The number of fused-ring (bicyclic) bond motifs is 1. The van der Waals surface area contributed by atoms with Crippen LogP contribution in [0.25, 0.3) is 0 Å². The first-order valence-electron chi connectivity index (χ1n) is 7.56. The highest BCUT2D eigenvalue weighted by Gasteiger charge is 2.33. The first-order valence-corrected chi connectivity index (χ1v) is 7.94. The fourth-order valence-electron chi connectivity index (χ4n) is 2.95. The second-order valence-corrected chi connectivity index (χ2v) is 7.10. The van der Waals surface area contributed by atoms with Gasteiger partial charge in [-0.3, -0.25) is 0 Å². The zero-order chi connectivity index (χ0) is 15.6. The van der Waals surface area contributed by atoms with Crippen molar-refractivity contribution in [2.75, 3.05) is 13.2 Å². The van der Waals surface area contributed by atoms with E-state index in [4.69, 9.17) is 21.1 Å². The lowest BCUT2D eigenvalue weighted by atomic mass is 9.83. The molecule has 0 spiro atoms. The van der Waals surface area contributed by atoms with Gasteiger partial charge in [-0.1, -0.05) is 32.4 Å². The molecule has 21 heavy (non-hydrogen) atoms. The topological polar surface area (TPSA) is 38.7 Å². The van der Waals surface area contributed by atoms with Gasteiger partial charge in [-0.05, 0) is 35.6 Å². The molecule has 4 heteroatoms. The molecule has 1 aromatic carbocycles. The van der Waals surface area contributed by atoms with Crippen molar-refractivity contribution in [2.24, 2.45) is 5.41 Å². The number of aliphatic hydroxyl groups excluding tert-OH is 1. The van der Waals surface area contributed by atoms with Gasteiger partial charge in [0.05, 0.1) is 18.8 Å². The SMILES string of the molecule is CCOC(C(O)Cc1cc(Cl)cc2c1OCC2)C(C)(C)C. The van der Waals surface area contributed by atoms with Gasteiger partial charge < -0.3 is 14.6 Å². The third kappa shape index (κ3) is 3.91. The molecular weight excluding hydrogens is 288 g/mol. The van der Waals surface area contributed by atoms with Gasteiger partial charge in [-0.15, -0.1) is 0 Å². The first kappa shape index (κ1) is 16.6. The second kappa shape index (κ2) is 6.55. The fraction of sp³-hybridized carbons (Fsp3) is 0.647. The highest BCUT2D eigenvalue weighted by Crippen LogP contribution is 2.35. The van der Waals surface area contributed by atoms with Crippen LogP contribution in [0.15, 0.2) is 12.1 Å². The summed E-state index contributed by atoms with van der Waals surface area (Å²) in [6.45, 7) is 9.46. The average Bonchev–Trinajstić information content (AvgIpc) is 2.82. The van der Waals surface area contributed by atoms with Gasteiger partial charge in [0.1, 0.15) is 5.75 Å². The maximum Gasteiger partial charge on any atom is 0.126 e. The third-order valence-corrected chi connectivity index (χ3v) is 4.02. The maximum absolute atomic E-state index is 10.6. The van der Waals surface area contributed by atoms with Gasteiger partial charge in [-0.2, -0.15) is 0 Å². The van der Waals surface area contributed by atoms with Crippen molar-refractivity contribution in [2.45, 2.75) is 52.7 Å². The second-order valence-electron chi connectivity index (χ2n) is 6.67. The summed E-state index contributed by atoms with van der Waals surface area (Å²) in [4.78, 5) is 0. The first-order chi connectivity index (χ1) is 9.82. The van der Waals surface area contributed by atoms with Crippen LogP contribution in [-0.2, 0) is 17.6 Å². The molecular formula is C17H25ClO3. The van der Waals surface area contributed by atoms with Gasteiger partial charge >= 0.3 is 0 Å². The summed E-state index contributed by atoms with van der Waals surface area (Å²) in [7, 11) is 0. The van der Waals surface area contributed by atoms with Gasteiger partial charge in [0.15, 0.2) is 0 Å². The highest BCUT2D eigenvalue weighted by molar-refractivity contribution is 6.30. The van der Waals surface area contributed by atoms with Crippen LogP contribution < -0.4 is 4.74 Å². The molecule has 0 fully saturated rings. The summed E-state index contributed by atoms with van der Waals surface area (Å²) in [6.07, 6.45) is 0.563. The van der Waals surface area contributed by atoms with E-state index in [1.54, 1.807) is 0 Å². The zero-order valence-corrected chi connectivity index (χ0v) is 14.0. The third-order valence-electron chi connectivity index (χ3n) is 3.80. The Morgan fingerprint density at radius 2 is 2.10 bits per heavy atom. The number of benzene rings is 1. The van der Waals surface area contributed by atoms with Crippen LogP contribution in [0.2, 0.25) is 5.02 Å². The van der Waals surface area contributed by atoms with Crippen LogP contribution in [0.3, 0.4) is 0 Å². The summed E-state index contributed by atoms with van der Waals surface area (Å²) < 4.78 is 11.5. The Morgan fingerprint density at radius 3 is 2.71 bits per heavy atom. The molecule has 0 aliphatic carbocycles. The lowest BCUT2D eigenvalue weighted by Crippen LogP contribution is -2.41. The van der Waals surface area contributed by atoms with E-state index in [-0.39, 0.29) is 11.5 Å². The summed E-state index contributed by atoms with van der Waals surface area (Å²) in [6, 6.07) is 3.84. The molecule has 2 unspecified atom stereocenters. The Bertz CT molecular complexity index is 494. The standard InChI is InChI=1S/C17H25ClO3/c1-5-20-16(17(2,3)4)14(19)10-12-9-13(18)8-11-6-7-21-15(11)12/h8-9,14,16,19H,5-7,10H2,1-4H3. The number of halogens is 1. The van der Waals surface area contributed by atoms with E-state index < -0.39 is 6.10 Å². The Kier molecular flexibility index (Phi) is 5.18. The summed E-state index contributed by atoms with van der Waals surface area (Å²) in [5.41, 5.74) is 1.97. The van der Waals surface area contributed by atoms with E-state index in [0.29, 0.717) is 24.7 Å². The lowest BCUT2D eigenvalue weighted by molar-refractivity contribution is -0.0874. The van der Waals surface area contributed by atoms with Gasteiger partial charge in [0.2, 0.25) is 0 Å². The fourth-order valence-corrected chi connectivity index (χ4v) is 3.21. The predicted molar refractivity (Wildman–Crippen MR) is 85.2 cm³/mol. The maximum atomic E-state index is 10.6. The predicted octanol–water partition coefficient (Wildman–Crippen LogP) is 3.63. The van der Waals surface area contributed by atoms with Crippen LogP contribution in [0.4, 0.5) is 0 Å². The molecule has 0 saturated heterocycles. The molecule has 1 N–H and O–H groups in total. The monoisotopic (exact) mass is 312 g/mol. The molecule has 1 aromatic rings. The van der Waals surface area contributed by atoms with Crippen molar-refractivity contribution >= 4 is 11.6 Å². The molecule has 2 rings (SSSR count). The normalized spacial score (nSPS) is 17.2. The Balaban J connectivity index is 2.21. The number of aliphatic hydroxyl groups is 1. The largest absolute Gasteiger partial charge is 0.493 e. The number of hydrogen-bond acceptors (Lipinski definition) is 3. The lowest BCUT2D eigenvalue weighted by Gasteiger charge is -2.34. The van der Waals surface area contributed by atoms with Crippen molar-refractivity contribution < 1.29 is 14.6 Å². The molecule has 3 nitrogen and oxygen atoms in total. The number of hydrogen-bond donors (Lipinski definition) is 1. The summed E-state index contributed by atoms with van der Waals surface area (Å²) >= 11 is 6.17. The summed E-state index contributed by atoms with van der Waals surface area (Å²) in [5, 5.41) is 11.3. The average molecular weight is 313 g/mol. The van der Waals surface area contributed by atoms with E-state index in [9.17, 15) is 5.11 Å². The Hall–Kier alpha value is -0.770. The Morgan fingerprint density at radius 1 is 1.38 bits per heavy atom. The number of rotatable bonds is 5.